The summed E-state index contributed by atoms with van der Waals surface area (Å²) in [7, 11) is 0. The summed E-state index contributed by atoms with van der Waals surface area (Å²) >= 11 is 0. The molecule has 0 aliphatic heterocycles. The Hall–Kier alpha value is -3.09. The predicted molar refractivity (Wildman–Crippen MR) is 82.5 cm³/mol. The summed E-state index contributed by atoms with van der Waals surface area (Å²) in [5.41, 5.74) is 2.02. The molecule has 3 aromatic rings. The van der Waals surface area contributed by atoms with Crippen LogP contribution in [0.25, 0.3) is 0 Å². The highest BCUT2D eigenvalue weighted by Gasteiger charge is 2.11. The number of aromatic nitrogens is 4. The largest absolute Gasteiger partial charge is 0.304 e. The molecule has 6 nitrogen and oxygen atoms in total. The molecule has 23 heavy (non-hydrogen) atoms. The minimum absolute atomic E-state index is 0.221. The summed E-state index contributed by atoms with van der Waals surface area (Å²) in [6, 6.07) is 7.98. The quantitative estimate of drug-likeness (QED) is 0.803. The van der Waals surface area contributed by atoms with Gasteiger partial charge in [0.05, 0.1) is 12.7 Å². The number of carbonyl (C=O) groups excluding carboxylic acids is 1. The van der Waals surface area contributed by atoms with Crippen molar-refractivity contribution < 1.29 is 9.18 Å². The van der Waals surface area contributed by atoms with Crippen LogP contribution in [0.3, 0.4) is 0 Å². The van der Waals surface area contributed by atoms with E-state index in [-0.39, 0.29) is 17.4 Å². The first-order valence-electron chi connectivity index (χ1n) is 6.98. The second-order valence-electron chi connectivity index (χ2n) is 5.00. The van der Waals surface area contributed by atoms with E-state index >= 15 is 0 Å². The van der Waals surface area contributed by atoms with Crippen LogP contribution in [0.5, 0.6) is 0 Å². The second-order valence-corrected chi connectivity index (χ2v) is 5.00. The van der Waals surface area contributed by atoms with E-state index < -0.39 is 0 Å². The molecule has 116 valence electrons. The van der Waals surface area contributed by atoms with Crippen molar-refractivity contribution in [2.75, 3.05) is 5.32 Å². The molecular weight excluding hydrogens is 297 g/mol. The Balaban J connectivity index is 1.73. The van der Waals surface area contributed by atoms with Crippen LogP contribution >= 0.6 is 0 Å². The van der Waals surface area contributed by atoms with Crippen molar-refractivity contribution >= 4 is 11.7 Å². The Labute approximate surface area is 132 Å². The van der Waals surface area contributed by atoms with Crippen molar-refractivity contribution in [1.82, 2.24) is 19.7 Å². The fourth-order valence-electron chi connectivity index (χ4n) is 2.09. The molecule has 2 heterocycles. The van der Waals surface area contributed by atoms with E-state index in [1.807, 2.05) is 6.92 Å². The lowest BCUT2D eigenvalue weighted by atomic mass is 10.2. The van der Waals surface area contributed by atoms with Crippen molar-refractivity contribution in [2.45, 2.75) is 13.5 Å². The Morgan fingerprint density at radius 1 is 1.26 bits per heavy atom. The van der Waals surface area contributed by atoms with E-state index in [9.17, 15) is 9.18 Å². The molecule has 0 spiro atoms. The fourth-order valence-corrected chi connectivity index (χ4v) is 2.09. The molecule has 0 saturated carbocycles. The molecule has 0 atom stereocenters. The fraction of sp³-hybridized carbons (Fsp3) is 0.125. The lowest BCUT2D eigenvalue weighted by Gasteiger charge is -2.04. The van der Waals surface area contributed by atoms with Crippen LogP contribution in [0.4, 0.5) is 10.2 Å². The van der Waals surface area contributed by atoms with E-state index in [0.717, 1.165) is 11.3 Å². The standard InChI is InChI=1S/C16H14FN5O/c1-11-8-15(20-16(23)14-9-18-6-7-19-14)21-22(11)10-12-2-4-13(17)5-3-12/h2-9H,10H2,1H3,(H,20,21,23). The third-order valence-electron chi connectivity index (χ3n) is 3.26. The van der Waals surface area contributed by atoms with Gasteiger partial charge in [-0.1, -0.05) is 12.1 Å². The molecule has 3 rings (SSSR count). The number of nitrogens with one attached hydrogen (secondary N) is 1. The van der Waals surface area contributed by atoms with Crippen molar-refractivity contribution in [3.63, 3.8) is 0 Å². The van der Waals surface area contributed by atoms with E-state index in [0.29, 0.717) is 12.4 Å². The van der Waals surface area contributed by atoms with Gasteiger partial charge in [0, 0.05) is 24.2 Å². The van der Waals surface area contributed by atoms with Crippen LogP contribution in [0, 0.1) is 12.7 Å². The monoisotopic (exact) mass is 311 g/mol. The second kappa shape index (κ2) is 6.35. The Morgan fingerprint density at radius 2 is 2.04 bits per heavy atom. The number of benzene rings is 1. The Bertz CT molecular complexity index is 814. The minimum Gasteiger partial charge on any atom is -0.304 e. The van der Waals surface area contributed by atoms with Crippen molar-refractivity contribution in [3.05, 3.63) is 71.7 Å². The predicted octanol–water partition coefficient (Wildman–Crippen LogP) is 2.42. The highest BCUT2D eigenvalue weighted by Crippen LogP contribution is 2.12. The average molecular weight is 311 g/mol. The van der Waals surface area contributed by atoms with E-state index in [1.165, 1.54) is 30.7 Å². The van der Waals surface area contributed by atoms with Gasteiger partial charge in [-0.25, -0.2) is 9.37 Å². The molecule has 0 radical (unpaired) electrons. The molecular formula is C16H14FN5O. The van der Waals surface area contributed by atoms with Crippen LogP contribution in [0.15, 0.2) is 48.9 Å². The smallest absolute Gasteiger partial charge is 0.277 e. The Kier molecular flexibility index (Phi) is 4.09. The van der Waals surface area contributed by atoms with Gasteiger partial charge in [-0.15, -0.1) is 0 Å². The lowest BCUT2D eigenvalue weighted by molar-refractivity contribution is 0.102. The van der Waals surface area contributed by atoms with Gasteiger partial charge >= 0.3 is 0 Å². The van der Waals surface area contributed by atoms with Crippen LogP contribution in [0.2, 0.25) is 0 Å². The van der Waals surface area contributed by atoms with Gasteiger partial charge in [-0.05, 0) is 24.6 Å². The van der Waals surface area contributed by atoms with E-state index in [2.05, 4.69) is 20.4 Å². The normalized spacial score (nSPS) is 10.5. The van der Waals surface area contributed by atoms with Gasteiger partial charge in [-0.3, -0.25) is 14.5 Å². The molecule has 0 unspecified atom stereocenters. The van der Waals surface area contributed by atoms with E-state index in [1.54, 1.807) is 22.9 Å². The molecule has 7 heteroatoms. The zero-order valence-corrected chi connectivity index (χ0v) is 12.4. The molecule has 0 fully saturated rings. The maximum absolute atomic E-state index is 12.9. The first-order chi connectivity index (χ1) is 11.1. The number of carbonyl (C=O) groups is 1. The minimum atomic E-state index is -0.371. The number of nitrogens with zero attached hydrogens (tertiary/aromatic N) is 4. The van der Waals surface area contributed by atoms with Gasteiger partial charge in [0.1, 0.15) is 11.5 Å². The maximum Gasteiger partial charge on any atom is 0.277 e. The summed E-state index contributed by atoms with van der Waals surface area (Å²) < 4.78 is 14.7. The van der Waals surface area contributed by atoms with Crippen LogP contribution in [0.1, 0.15) is 21.7 Å². The van der Waals surface area contributed by atoms with Crippen molar-refractivity contribution in [2.24, 2.45) is 0 Å². The zero-order chi connectivity index (χ0) is 16.2. The van der Waals surface area contributed by atoms with Crippen LogP contribution in [-0.2, 0) is 6.54 Å². The SMILES string of the molecule is Cc1cc(NC(=O)c2cnccn2)nn1Cc1ccc(F)cc1. The van der Waals surface area contributed by atoms with Crippen LogP contribution < -0.4 is 5.32 Å². The summed E-state index contributed by atoms with van der Waals surface area (Å²) in [6.45, 7) is 2.38. The number of amides is 1. The van der Waals surface area contributed by atoms with Gasteiger partial charge in [0.15, 0.2) is 5.82 Å². The number of hydrogen-bond donors (Lipinski definition) is 1. The first-order valence-corrected chi connectivity index (χ1v) is 6.98. The highest BCUT2D eigenvalue weighted by atomic mass is 19.1. The molecule has 1 amide bonds. The molecule has 0 saturated heterocycles. The molecule has 1 N–H and O–H groups in total. The number of hydrogen-bond acceptors (Lipinski definition) is 4. The van der Waals surface area contributed by atoms with Crippen molar-refractivity contribution in [1.29, 1.82) is 0 Å². The summed E-state index contributed by atoms with van der Waals surface area (Å²) in [5, 5.41) is 7.02. The van der Waals surface area contributed by atoms with Gasteiger partial charge in [0.2, 0.25) is 0 Å². The zero-order valence-electron chi connectivity index (χ0n) is 12.4. The van der Waals surface area contributed by atoms with Crippen molar-refractivity contribution in [3.8, 4) is 0 Å². The first kappa shape index (κ1) is 14.8. The number of anilines is 1. The number of aryl methyl sites for hydroxylation is 1. The third kappa shape index (κ3) is 3.57. The Morgan fingerprint density at radius 3 is 2.74 bits per heavy atom. The van der Waals surface area contributed by atoms with Crippen LogP contribution in [-0.4, -0.2) is 25.7 Å². The van der Waals surface area contributed by atoms with Gasteiger partial charge in [-0.2, -0.15) is 5.10 Å². The average Bonchev–Trinajstić information content (AvgIpc) is 2.90. The third-order valence-corrected chi connectivity index (χ3v) is 3.26. The number of halogens is 1. The topological polar surface area (TPSA) is 72.7 Å². The van der Waals surface area contributed by atoms with Gasteiger partial charge < -0.3 is 5.32 Å². The van der Waals surface area contributed by atoms with Gasteiger partial charge in [0.25, 0.3) is 5.91 Å². The molecule has 2 aromatic heterocycles. The summed E-state index contributed by atoms with van der Waals surface area (Å²) in [6.07, 6.45) is 4.34. The maximum atomic E-state index is 12.9. The number of rotatable bonds is 4. The lowest BCUT2D eigenvalue weighted by Crippen LogP contribution is -2.14. The highest BCUT2D eigenvalue weighted by molar-refractivity contribution is 6.02. The van der Waals surface area contributed by atoms with E-state index in [4.69, 9.17) is 0 Å². The molecule has 1 aromatic carbocycles. The summed E-state index contributed by atoms with van der Waals surface area (Å²) in [5.74, 6) is -0.215. The summed E-state index contributed by atoms with van der Waals surface area (Å²) in [4.78, 5) is 19.8. The molecule has 0 aliphatic rings. The molecule has 0 aliphatic carbocycles. The molecule has 0 bridgehead atoms.